The second kappa shape index (κ2) is 5.15. The molecule has 2 aromatic rings. The van der Waals surface area contributed by atoms with Gasteiger partial charge in [-0.3, -0.25) is 4.79 Å². The molecule has 0 saturated carbocycles. The molecule has 0 N–H and O–H groups in total. The van der Waals surface area contributed by atoms with Crippen molar-refractivity contribution in [2.75, 3.05) is 18.6 Å². The van der Waals surface area contributed by atoms with Gasteiger partial charge in [0.1, 0.15) is 5.75 Å². The van der Waals surface area contributed by atoms with E-state index in [9.17, 15) is 4.79 Å². The molecule has 5 heteroatoms. The number of carbonyl (C=O) groups excluding carboxylic acids is 1. The molecule has 1 aliphatic heterocycles. The SMILES string of the molecule is COc1ccccc1N1CC(C)(c2ccc([N+]#N)cc2)C1=O. The van der Waals surface area contributed by atoms with Gasteiger partial charge in [0.15, 0.2) is 4.98 Å². The van der Waals surface area contributed by atoms with Crippen LogP contribution in [0.5, 0.6) is 5.75 Å². The minimum atomic E-state index is -0.561. The first-order chi connectivity index (χ1) is 10.6. The number of para-hydroxylation sites is 2. The summed E-state index contributed by atoms with van der Waals surface area (Å²) in [5.41, 5.74) is 1.61. The minimum Gasteiger partial charge on any atom is -0.495 e. The van der Waals surface area contributed by atoms with E-state index >= 15 is 0 Å². The fourth-order valence-corrected chi connectivity index (χ4v) is 2.82. The van der Waals surface area contributed by atoms with Crippen LogP contribution in [0.15, 0.2) is 48.5 Å². The van der Waals surface area contributed by atoms with Gasteiger partial charge >= 0.3 is 5.69 Å². The summed E-state index contributed by atoms with van der Waals surface area (Å²) >= 11 is 0. The first kappa shape index (κ1) is 14.1. The fraction of sp³-hybridized carbons (Fsp3) is 0.235. The average molecular weight is 294 g/mol. The lowest BCUT2D eigenvalue weighted by molar-refractivity contribution is -0.128. The van der Waals surface area contributed by atoms with E-state index in [1.165, 1.54) is 0 Å². The van der Waals surface area contributed by atoms with Crippen LogP contribution in [-0.2, 0) is 10.2 Å². The highest BCUT2D eigenvalue weighted by molar-refractivity contribution is 6.09. The lowest BCUT2D eigenvalue weighted by Crippen LogP contribution is -2.63. The Kier molecular flexibility index (Phi) is 3.30. The summed E-state index contributed by atoms with van der Waals surface area (Å²) in [4.78, 5) is 17.6. The Morgan fingerprint density at radius 1 is 1.18 bits per heavy atom. The molecule has 1 amide bonds. The van der Waals surface area contributed by atoms with Crippen LogP contribution in [0.1, 0.15) is 12.5 Å². The fourth-order valence-electron chi connectivity index (χ4n) is 2.82. The van der Waals surface area contributed by atoms with E-state index in [1.807, 2.05) is 43.3 Å². The summed E-state index contributed by atoms with van der Waals surface area (Å²) in [6.07, 6.45) is 0. The van der Waals surface area contributed by atoms with Crippen molar-refractivity contribution in [1.82, 2.24) is 0 Å². The highest BCUT2D eigenvalue weighted by atomic mass is 16.5. The van der Waals surface area contributed by atoms with Gasteiger partial charge in [0.25, 0.3) is 0 Å². The van der Waals surface area contributed by atoms with Gasteiger partial charge in [0.05, 0.1) is 18.2 Å². The smallest absolute Gasteiger partial charge is 0.385 e. The third-order valence-corrected chi connectivity index (χ3v) is 4.19. The highest BCUT2D eigenvalue weighted by Crippen LogP contribution is 2.42. The summed E-state index contributed by atoms with van der Waals surface area (Å²) in [5.74, 6) is 0.720. The van der Waals surface area contributed by atoms with Crippen molar-refractivity contribution in [2.24, 2.45) is 0 Å². The van der Waals surface area contributed by atoms with E-state index in [0.29, 0.717) is 18.0 Å². The largest absolute Gasteiger partial charge is 0.495 e. The summed E-state index contributed by atoms with van der Waals surface area (Å²) < 4.78 is 5.32. The summed E-state index contributed by atoms with van der Waals surface area (Å²) in [6.45, 7) is 2.51. The van der Waals surface area contributed by atoms with Gasteiger partial charge in [0, 0.05) is 18.7 Å². The Balaban J connectivity index is 1.88. The molecule has 0 bridgehead atoms. The maximum atomic E-state index is 12.7. The van der Waals surface area contributed by atoms with Crippen molar-refractivity contribution in [3.05, 3.63) is 59.1 Å². The van der Waals surface area contributed by atoms with Crippen LogP contribution in [0.2, 0.25) is 0 Å². The van der Waals surface area contributed by atoms with E-state index in [0.717, 1.165) is 11.3 Å². The average Bonchev–Trinajstić information content (AvgIpc) is 2.59. The molecule has 1 unspecified atom stereocenters. The van der Waals surface area contributed by atoms with Crippen molar-refractivity contribution < 1.29 is 9.53 Å². The Labute approximate surface area is 128 Å². The first-order valence-electron chi connectivity index (χ1n) is 7.01. The molecule has 0 spiro atoms. The third kappa shape index (κ3) is 2.01. The van der Waals surface area contributed by atoms with Gasteiger partial charge in [-0.05, 0) is 36.8 Å². The standard InChI is InChI=1S/C17H16N3O2/c1-17(12-7-9-13(19-18)10-8-12)11-20(16(17)21)14-5-3-4-6-15(14)22-2/h3-10H,11H2,1-2H3/q+1. The van der Waals surface area contributed by atoms with Crippen molar-refractivity contribution in [2.45, 2.75) is 12.3 Å². The van der Waals surface area contributed by atoms with Crippen LogP contribution in [0, 0.1) is 5.39 Å². The molecule has 1 atom stereocenters. The van der Waals surface area contributed by atoms with Crippen LogP contribution >= 0.6 is 0 Å². The Morgan fingerprint density at radius 2 is 1.86 bits per heavy atom. The monoisotopic (exact) mass is 294 g/mol. The minimum absolute atomic E-state index is 0.0330. The zero-order valence-corrected chi connectivity index (χ0v) is 12.5. The first-order valence-corrected chi connectivity index (χ1v) is 7.01. The summed E-state index contributed by atoms with van der Waals surface area (Å²) in [7, 11) is 1.60. The lowest BCUT2D eigenvalue weighted by Gasteiger charge is -2.47. The number of β-lactam (4-membered cyclic amide) rings is 1. The van der Waals surface area contributed by atoms with Crippen LogP contribution < -0.4 is 9.64 Å². The molecule has 2 aromatic carbocycles. The molecule has 3 rings (SSSR count). The predicted molar refractivity (Wildman–Crippen MR) is 83.9 cm³/mol. The lowest BCUT2D eigenvalue weighted by atomic mass is 9.74. The number of benzene rings is 2. The molecule has 1 fully saturated rings. The van der Waals surface area contributed by atoms with Crippen molar-refractivity contribution >= 4 is 17.3 Å². The topological polar surface area (TPSA) is 57.7 Å². The van der Waals surface area contributed by atoms with Crippen molar-refractivity contribution in [3.8, 4) is 5.75 Å². The number of carbonyl (C=O) groups is 1. The van der Waals surface area contributed by atoms with Crippen molar-refractivity contribution in [1.29, 1.82) is 5.39 Å². The molecular weight excluding hydrogens is 278 g/mol. The number of amides is 1. The van der Waals surface area contributed by atoms with E-state index in [1.54, 1.807) is 24.1 Å². The number of rotatable bonds is 3. The molecule has 0 aromatic heterocycles. The highest BCUT2D eigenvalue weighted by Gasteiger charge is 2.50. The van der Waals surface area contributed by atoms with Gasteiger partial charge in [-0.25, -0.2) is 0 Å². The Bertz CT molecular complexity index is 764. The van der Waals surface area contributed by atoms with E-state index in [-0.39, 0.29) is 5.91 Å². The number of ether oxygens (including phenoxy) is 1. The van der Waals surface area contributed by atoms with E-state index in [4.69, 9.17) is 10.1 Å². The Hall–Kier alpha value is -2.87. The molecule has 0 aliphatic carbocycles. The Morgan fingerprint density at radius 3 is 2.45 bits per heavy atom. The molecule has 110 valence electrons. The number of methoxy groups -OCH3 is 1. The van der Waals surface area contributed by atoms with Crippen LogP contribution in [0.3, 0.4) is 0 Å². The molecule has 5 nitrogen and oxygen atoms in total. The van der Waals surface area contributed by atoms with Crippen LogP contribution in [0.4, 0.5) is 11.4 Å². The number of diazo groups is 1. The summed E-state index contributed by atoms with van der Waals surface area (Å²) in [6, 6.07) is 14.5. The zero-order valence-electron chi connectivity index (χ0n) is 12.5. The van der Waals surface area contributed by atoms with Gasteiger partial charge in [-0.2, -0.15) is 0 Å². The maximum absolute atomic E-state index is 12.7. The van der Waals surface area contributed by atoms with Gasteiger partial charge in [-0.15, -0.1) is 0 Å². The molecule has 1 saturated heterocycles. The third-order valence-electron chi connectivity index (χ3n) is 4.19. The number of nitrogens with zero attached hydrogens (tertiary/aromatic N) is 3. The number of hydrogen-bond donors (Lipinski definition) is 0. The maximum Gasteiger partial charge on any atom is 0.385 e. The number of hydrogen-bond acceptors (Lipinski definition) is 3. The molecule has 1 heterocycles. The van der Waals surface area contributed by atoms with Gasteiger partial charge < -0.3 is 9.64 Å². The second-order valence-electron chi connectivity index (χ2n) is 5.54. The van der Waals surface area contributed by atoms with Crippen molar-refractivity contribution in [3.63, 3.8) is 0 Å². The molecule has 1 aliphatic rings. The predicted octanol–water partition coefficient (Wildman–Crippen LogP) is 3.48. The summed E-state index contributed by atoms with van der Waals surface area (Å²) in [5, 5.41) is 8.74. The second-order valence-corrected chi connectivity index (χ2v) is 5.54. The quantitative estimate of drug-likeness (QED) is 0.643. The van der Waals surface area contributed by atoms with Crippen LogP contribution in [-0.4, -0.2) is 19.6 Å². The normalized spacial score (nSPS) is 20.2. The molecule has 0 radical (unpaired) electrons. The van der Waals surface area contributed by atoms with E-state index < -0.39 is 5.41 Å². The molecule has 22 heavy (non-hydrogen) atoms. The van der Waals surface area contributed by atoms with Crippen LogP contribution in [0.25, 0.3) is 4.98 Å². The van der Waals surface area contributed by atoms with Gasteiger partial charge in [-0.1, -0.05) is 12.1 Å². The van der Waals surface area contributed by atoms with E-state index in [2.05, 4.69) is 4.98 Å². The number of anilines is 1. The zero-order chi connectivity index (χ0) is 15.7. The van der Waals surface area contributed by atoms with Gasteiger partial charge in [0.2, 0.25) is 11.3 Å². The molecular formula is C17H16N3O2+.